The van der Waals surface area contributed by atoms with Crippen LogP contribution in [0.5, 0.6) is 0 Å². The van der Waals surface area contributed by atoms with Crippen molar-refractivity contribution in [3.8, 4) is 11.1 Å². The minimum atomic E-state index is -0.501. The average Bonchev–Trinajstić information content (AvgIpc) is 3.56. The molecule has 158 valence electrons. The minimum Gasteiger partial charge on any atom is -0.329 e. The molecule has 0 amide bonds. The van der Waals surface area contributed by atoms with E-state index in [4.69, 9.17) is 11.6 Å². The van der Waals surface area contributed by atoms with Crippen LogP contribution < -0.4 is 4.90 Å². The number of halogens is 2. The third-order valence-electron chi connectivity index (χ3n) is 5.94. The van der Waals surface area contributed by atoms with Crippen LogP contribution in [0.4, 0.5) is 15.9 Å². The summed E-state index contributed by atoms with van der Waals surface area (Å²) in [7, 11) is 1.90. The molecule has 0 radical (unpaired) electrons. The monoisotopic (exact) mass is 444 g/mol. The van der Waals surface area contributed by atoms with Crippen molar-refractivity contribution in [1.29, 1.82) is 0 Å². The second-order valence-corrected chi connectivity index (χ2v) is 8.48. The first-order chi connectivity index (χ1) is 15.6. The number of rotatable bonds is 4. The second kappa shape index (κ2) is 7.24. The molecule has 8 heteroatoms. The maximum atomic E-state index is 14.4. The Balaban J connectivity index is 1.45. The van der Waals surface area contributed by atoms with Crippen LogP contribution in [0.2, 0.25) is 5.02 Å². The summed E-state index contributed by atoms with van der Waals surface area (Å²) in [6, 6.07) is 15.3. The molecule has 32 heavy (non-hydrogen) atoms. The van der Waals surface area contributed by atoms with Crippen LogP contribution in [0, 0.1) is 5.82 Å². The zero-order valence-corrected chi connectivity index (χ0v) is 18.0. The molecule has 0 unspecified atom stereocenters. The predicted octanol–water partition coefficient (Wildman–Crippen LogP) is 5.78. The van der Waals surface area contributed by atoms with Crippen LogP contribution in [0.25, 0.3) is 27.8 Å². The molecule has 3 heterocycles. The van der Waals surface area contributed by atoms with Gasteiger partial charge < -0.3 is 4.90 Å². The van der Waals surface area contributed by atoms with E-state index < -0.39 is 5.82 Å². The summed E-state index contributed by atoms with van der Waals surface area (Å²) in [6.07, 6.45) is 5.94. The second-order valence-electron chi connectivity index (χ2n) is 8.08. The van der Waals surface area contributed by atoms with Crippen molar-refractivity contribution in [3.05, 3.63) is 77.6 Å². The SMILES string of the molecule is CN(c1cccc(-c2ccc(C3CC3)nc2)c1)c1nc2nncn2c2cc(Cl)c(F)cc12. The van der Waals surface area contributed by atoms with Gasteiger partial charge in [0.25, 0.3) is 5.78 Å². The number of nitrogens with zero attached hydrogens (tertiary/aromatic N) is 6. The van der Waals surface area contributed by atoms with Crippen LogP contribution in [0.15, 0.2) is 61.1 Å². The first kappa shape index (κ1) is 19.1. The Morgan fingerprint density at radius 1 is 1.09 bits per heavy atom. The van der Waals surface area contributed by atoms with Crippen LogP contribution in [-0.2, 0) is 0 Å². The van der Waals surface area contributed by atoms with Gasteiger partial charge in [0, 0.05) is 41.5 Å². The number of fused-ring (bicyclic) bond motifs is 3. The third kappa shape index (κ3) is 3.17. The molecule has 1 saturated carbocycles. The predicted molar refractivity (Wildman–Crippen MR) is 123 cm³/mol. The molecule has 0 atom stereocenters. The van der Waals surface area contributed by atoms with Crippen molar-refractivity contribution in [2.45, 2.75) is 18.8 Å². The van der Waals surface area contributed by atoms with Crippen LogP contribution in [0.3, 0.4) is 0 Å². The van der Waals surface area contributed by atoms with E-state index >= 15 is 0 Å². The third-order valence-corrected chi connectivity index (χ3v) is 6.23. The van der Waals surface area contributed by atoms with Gasteiger partial charge in [-0.1, -0.05) is 29.8 Å². The molecule has 0 N–H and O–H groups in total. The molecular formula is C24H18ClFN6. The number of pyridine rings is 1. The van der Waals surface area contributed by atoms with E-state index in [2.05, 4.69) is 44.4 Å². The molecular weight excluding hydrogens is 427 g/mol. The summed E-state index contributed by atoms with van der Waals surface area (Å²) in [5.41, 5.74) is 4.85. The quantitative estimate of drug-likeness (QED) is 0.352. The van der Waals surface area contributed by atoms with Crippen molar-refractivity contribution >= 4 is 39.8 Å². The molecule has 0 bridgehead atoms. The first-order valence-electron chi connectivity index (χ1n) is 10.4. The van der Waals surface area contributed by atoms with Gasteiger partial charge in [0.1, 0.15) is 18.0 Å². The van der Waals surface area contributed by atoms with E-state index in [1.54, 1.807) is 16.8 Å². The van der Waals surface area contributed by atoms with Gasteiger partial charge in [-0.15, -0.1) is 10.2 Å². The zero-order valence-electron chi connectivity index (χ0n) is 17.2. The highest BCUT2D eigenvalue weighted by Gasteiger charge is 2.24. The zero-order chi connectivity index (χ0) is 21.8. The summed E-state index contributed by atoms with van der Waals surface area (Å²) < 4.78 is 16.1. The van der Waals surface area contributed by atoms with E-state index in [1.807, 2.05) is 30.3 Å². The molecule has 0 spiro atoms. The Morgan fingerprint density at radius 2 is 1.97 bits per heavy atom. The van der Waals surface area contributed by atoms with Gasteiger partial charge in [-0.3, -0.25) is 9.38 Å². The van der Waals surface area contributed by atoms with Crippen molar-refractivity contribution in [1.82, 2.24) is 24.6 Å². The smallest absolute Gasteiger partial charge is 0.257 e. The van der Waals surface area contributed by atoms with E-state index in [0.29, 0.717) is 28.4 Å². The normalized spacial score (nSPS) is 13.7. The first-order valence-corrected chi connectivity index (χ1v) is 10.7. The molecule has 1 fully saturated rings. The van der Waals surface area contributed by atoms with Crippen molar-refractivity contribution < 1.29 is 4.39 Å². The fourth-order valence-corrected chi connectivity index (χ4v) is 4.17. The lowest BCUT2D eigenvalue weighted by Crippen LogP contribution is -2.13. The molecule has 3 aromatic heterocycles. The summed E-state index contributed by atoms with van der Waals surface area (Å²) in [6.45, 7) is 0. The molecule has 0 aliphatic heterocycles. The van der Waals surface area contributed by atoms with Gasteiger partial charge in [0.2, 0.25) is 0 Å². The number of benzene rings is 2. The fraction of sp³-hybridized carbons (Fsp3) is 0.167. The van der Waals surface area contributed by atoms with E-state index in [0.717, 1.165) is 16.8 Å². The summed E-state index contributed by atoms with van der Waals surface area (Å²) in [5, 5.41) is 8.67. The summed E-state index contributed by atoms with van der Waals surface area (Å²) in [5.74, 6) is 1.11. The van der Waals surface area contributed by atoms with Crippen molar-refractivity contribution in [2.75, 3.05) is 11.9 Å². The summed E-state index contributed by atoms with van der Waals surface area (Å²) in [4.78, 5) is 11.2. The Labute approximate surface area is 188 Å². The Hall–Kier alpha value is -3.58. The Morgan fingerprint density at radius 3 is 2.75 bits per heavy atom. The lowest BCUT2D eigenvalue weighted by atomic mass is 10.1. The fourth-order valence-electron chi connectivity index (χ4n) is 4.01. The molecule has 1 aliphatic rings. The average molecular weight is 445 g/mol. The lowest BCUT2D eigenvalue weighted by molar-refractivity contribution is 0.630. The van der Waals surface area contributed by atoms with Gasteiger partial charge in [-0.05, 0) is 48.7 Å². The van der Waals surface area contributed by atoms with E-state index in [9.17, 15) is 4.39 Å². The van der Waals surface area contributed by atoms with Gasteiger partial charge in [-0.2, -0.15) is 4.98 Å². The number of hydrogen-bond donors (Lipinski definition) is 0. The highest BCUT2D eigenvalue weighted by atomic mass is 35.5. The van der Waals surface area contributed by atoms with Gasteiger partial charge in [0.15, 0.2) is 0 Å². The molecule has 6 nitrogen and oxygen atoms in total. The largest absolute Gasteiger partial charge is 0.329 e. The van der Waals surface area contributed by atoms with Crippen LogP contribution in [0.1, 0.15) is 24.5 Å². The molecule has 1 aliphatic carbocycles. The van der Waals surface area contributed by atoms with E-state index in [1.165, 1.54) is 24.6 Å². The van der Waals surface area contributed by atoms with E-state index in [-0.39, 0.29) is 5.02 Å². The molecule has 5 aromatic rings. The topological polar surface area (TPSA) is 59.2 Å². The van der Waals surface area contributed by atoms with Crippen LogP contribution in [-0.4, -0.2) is 31.6 Å². The Kier molecular flexibility index (Phi) is 4.33. The van der Waals surface area contributed by atoms with Gasteiger partial charge in [-0.25, -0.2) is 4.39 Å². The number of hydrogen-bond acceptors (Lipinski definition) is 5. The van der Waals surface area contributed by atoms with Crippen LogP contribution >= 0.6 is 11.6 Å². The van der Waals surface area contributed by atoms with Crippen molar-refractivity contribution in [2.24, 2.45) is 0 Å². The number of aromatic nitrogens is 5. The standard InChI is InChI=1S/C24H18ClFN6/c1-31(17-4-2-3-15(9-17)16-7-8-21(27-12-16)14-5-6-14)23-18-10-20(26)19(25)11-22(18)32-13-28-30-24(32)29-23/h2-4,7-14H,5-6H2,1H3. The van der Waals surface area contributed by atoms with Gasteiger partial charge >= 0.3 is 0 Å². The summed E-state index contributed by atoms with van der Waals surface area (Å²) >= 11 is 6.06. The molecule has 2 aromatic carbocycles. The minimum absolute atomic E-state index is 0.0384. The lowest BCUT2D eigenvalue weighted by Gasteiger charge is -2.21. The maximum Gasteiger partial charge on any atom is 0.257 e. The molecule has 0 saturated heterocycles. The maximum absolute atomic E-state index is 14.4. The van der Waals surface area contributed by atoms with Crippen molar-refractivity contribution in [3.63, 3.8) is 0 Å². The Bertz CT molecular complexity index is 1480. The molecule has 6 rings (SSSR count). The van der Waals surface area contributed by atoms with Gasteiger partial charge in [0.05, 0.1) is 10.5 Å². The highest BCUT2D eigenvalue weighted by molar-refractivity contribution is 6.31. The number of anilines is 2. The highest BCUT2D eigenvalue weighted by Crippen LogP contribution is 2.39.